The summed E-state index contributed by atoms with van der Waals surface area (Å²) in [5, 5.41) is 2.65. The summed E-state index contributed by atoms with van der Waals surface area (Å²) in [6.45, 7) is 5.31. The van der Waals surface area contributed by atoms with Crippen LogP contribution in [0.3, 0.4) is 0 Å². The number of ether oxygens (including phenoxy) is 2. The van der Waals surface area contributed by atoms with E-state index in [1.54, 1.807) is 59.1 Å². The van der Waals surface area contributed by atoms with Gasteiger partial charge in [-0.3, -0.25) is 4.79 Å². The van der Waals surface area contributed by atoms with Crippen LogP contribution < -0.4 is 10.1 Å². The monoisotopic (exact) mass is 370 g/mol. The van der Waals surface area contributed by atoms with Gasteiger partial charge in [-0.2, -0.15) is 0 Å². The second-order valence-electron chi connectivity index (χ2n) is 7.30. The minimum atomic E-state index is -0.847. The molecule has 0 aromatic heterocycles. The van der Waals surface area contributed by atoms with Gasteiger partial charge in [0, 0.05) is 14.1 Å². The fourth-order valence-electron chi connectivity index (χ4n) is 2.32. The van der Waals surface area contributed by atoms with E-state index in [0.29, 0.717) is 11.3 Å². The third-order valence-electron chi connectivity index (χ3n) is 3.54. The Morgan fingerprint density at radius 2 is 1.48 bits per heavy atom. The third kappa shape index (κ3) is 6.33. The average molecular weight is 370 g/mol. The summed E-state index contributed by atoms with van der Waals surface area (Å²) < 4.78 is 11.0. The van der Waals surface area contributed by atoms with Gasteiger partial charge in [-0.25, -0.2) is 4.79 Å². The standard InChI is InChI=1S/C21H26N2O4/c1-21(2,3)27-20(25)22-18(19(24)23(4)5)15-11-13-17(14-12-15)26-16-9-7-6-8-10-16/h6-14,18H,1-5H3,(H,22,25). The van der Waals surface area contributed by atoms with Crippen LogP contribution in [0, 0.1) is 0 Å². The fourth-order valence-corrected chi connectivity index (χ4v) is 2.32. The molecular weight excluding hydrogens is 344 g/mol. The first-order chi connectivity index (χ1) is 12.7. The van der Waals surface area contributed by atoms with E-state index >= 15 is 0 Å². The summed E-state index contributed by atoms with van der Waals surface area (Å²) in [4.78, 5) is 26.1. The first kappa shape index (κ1) is 20.3. The highest BCUT2D eigenvalue weighted by atomic mass is 16.6. The molecule has 6 heteroatoms. The van der Waals surface area contributed by atoms with Crippen molar-refractivity contribution in [1.29, 1.82) is 0 Å². The lowest BCUT2D eigenvalue weighted by Crippen LogP contribution is -2.42. The maximum absolute atomic E-state index is 12.5. The van der Waals surface area contributed by atoms with Crippen molar-refractivity contribution >= 4 is 12.0 Å². The molecule has 0 heterocycles. The minimum Gasteiger partial charge on any atom is -0.457 e. The zero-order valence-corrected chi connectivity index (χ0v) is 16.4. The topological polar surface area (TPSA) is 67.9 Å². The highest BCUT2D eigenvalue weighted by molar-refractivity contribution is 5.86. The quantitative estimate of drug-likeness (QED) is 0.859. The molecule has 0 aliphatic heterocycles. The van der Waals surface area contributed by atoms with Gasteiger partial charge in [0.15, 0.2) is 0 Å². The molecule has 0 spiro atoms. The van der Waals surface area contributed by atoms with Crippen molar-refractivity contribution in [3.63, 3.8) is 0 Å². The Hall–Kier alpha value is -3.02. The van der Waals surface area contributed by atoms with Crippen LogP contribution in [-0.2, 0) is 9.53 Å². The van der Waals surface area contributed by atoms with E-state index in [1.165, 1.54) is 4.90 Å². The van der Waals surface area contributed by atoms with E-state index in [2.05, 4.69) is 5.32 Å². The van der Waals surface area contributed by atoms with Crippen LogP contribution in [0.25, 0.3) is 0 Å². The molecule has 144 valence electrons. The van der Waals surface area contributed by atoms with Crippen LogP contribution in [0.1, 0.15) is 32.4 Å². The lowest BCUT2D eigenvalue weighted by molar-refractivity contribution is -0.131. The summed E-state index contributed by atoms with van der Waals surface area (Å²) in [6.07, 6.45) is -0.646. The number of hydrogen-bond donors (Lipinski definition) is 1. The van der Waals surface area contributed by atoms with Crippen LogP contribution in [0.15, 0.2) is 54.6 Å². The zero-order chi connectivity index (χ0) is 20.0. The minimum absolute atomic E-state index is 0.252. The molecule has 2 aromatic carbocycles. The summed E-state index contributed by atoms with van der Waals surface area (Å²) in [5.74, 6) is 1.11. The van der Waals surface area contributed by atoms with Gasteiger partial charge < -0.3 is 19.7 Å². The number of amides is 2. The van der Waals surface area contributed by atoms with Crippen LogP contribution in [-0.4, -0.2) is 36.6 Å². The lowest BCUT2D eigenvalue weighted by Gasteiger charge is -2.25. The maximum Gasteiger partial charge on any atom is 0.408 e. The molecule has 2 aromatic rings. The Morgan fingerprint density at radius 1 is 0.926 bits per heavy atom. The number of nitrogens with zero attached hydrogens (tertiary/aromatic N) is 1. The average Bonchev–Trinajstić information content (AvgIpc) is 2.59. The van der Waals surface area contributed by atoms with Crippen molar-refractivity contribution in [2.75, 3.05) is 14.1 Å². The van der Waals surface area contributed by atoms with Gasteiger partial charge in [0.25, 0.3) is 0 Å². The predicted octanol–water partition coefficient (Wildman–Crippen LogP) is 4.13. The number of benzene rings is 2. The molecule has 0 saturated heterocycles. The van der Waals surface area contributed by atoms with Crippen LogP contribution in [0.4, 0.5) is 4.79 Å². The predicted molar refractivity (Wildman–Crippen MR) is 104 cm³/mol. The van der Waals surface area contributed by atoms with Crippen molar-refractivity contribution in [3.8, 4) is 11.5 Å². The normalized spacial score (nSPS) is 12.0. The fraction of sp³-hybridized carbons (Fsp3) is 0.333. The number of rotatable bonds is 5. The largest absolute Gasteiger partial charge is 0.457 e. The van der Waals surface area contributed by atoms with E-state index in [-0.39, 0.29) is 5.91 Å². The molecule has 0 radical (unpaired) electrons. The van der Waals surface area contributed by atoms with Crippen molar-refractivity contribution < 1.29 is 19.1 Å². The van der Waals surface area contributed by atoms with Gasteiger partial charge in [-0.05, 0) is 50.6 Å². The van der Waals surface area contributed by atoms with Crippen molar-refractivity contribution in [1.82, 2.24) is 10.2 Å². The van der Waals surface area contributed by atoms with Gasteiger partial charge in [0.1, 0.15) is 23.1 Å². The van der Waals surface area contributed by atoms with Gasteiger partial charge in [0.2, 0.25) is 5.91 Å². The number of carbonyl (C=O) groups excluding carboxylic acids is 2. The van der Waals surface area contributed by atoms with Crippen LogP contribution in [0.5, 0.6) is 11.5 Å². The number of nitrogens with one attached hydrogen (secondary N) is 1. The van der Waals surface area contributed by atoms with Gasteiger partial charge in [-0.1, -0.05) is 30.3 Å². The van der Waals surface area contributed by atoms with Gasteiger partial charge in [0.05, 0.1) is 0 Å². The molecule has 1 atom stereocenters. The second kappa shape index (κ2) is 8.58. The van der Waals surface area contributed by atoms with E-state index in [9.17, 15) is 9.59 Å². The molecule has 0 saturated carbocycles. The Labute approximate surface area is 160 Å². The summed E-state index contributed by atoms with van der Waals surface area (Å²) >= 11 is 0. The summed E-state index contributed by atoms with van der Waals surface area (Å²) in [5.41, 5.74) is -0.0108. The van der Waals surface area contributed by atoms with E-state index < -0.39 is 17.7 Å². The molecule has 2 rings (SSSR count). The molecule has 0 aliphatic carbocycles. The number of alkyl carbamates (subject to hydrolysis) is 1. The van der Waals surface area contributed by atoms with Crippen LogP contribution in [0.2, 0.25) is 0 Å². The molecule has 0 bridgehead atoms. The highest BCUT2D eigenvalue weighted by Gasteiger charge is 2.27. The molecule has 1 N–H and O–H groups in total. The summed E-state index contributed by atoms with van der Waals surface area (Å²) in [7, 11) is 3.28. The Bertz CT molecular complexity index is 765. The Kier molecular flexibility index (Phi) is 6.45. The smallest absolute Gasteiger partial charge is 0.408 e. The zero-order valence-electron chi connectivity index (χ0n) is 16.4. The van der Waals surface area contributed by atoms with Crippen molar-refractivity contribution in [3.05, 3.63) is 60.2 Å². The Morgan fingerprint density at radius 3 is 2.00 bits per heavy atom. The third-order valence-corrected chi connectivity index (χ3v) is 3.54. The molecule has 0 fully saturated rings. The van der Waals surface area contributed by atoms with E-state index in [0.717, 1.165) is 5.75 Å². The van der Waals surface area contributed by atoms with Gasteiger partial charge >= 0.3 is 6.09 Å². The molecular formula is C21H26N2O4. The van der Waals surface area contributed by atoms with Crippen molar-refractivity contribution in [2.24, 2.45) is 0 Å². The summed E-state index contributed by atoms with van der Waals surface area (Å²) in [6, 6.07) is 15.6. The first-order valence-electron chi connectivity index (χ1n) is 8.69. The van der Waals surface area contributed by atoms with Crippen LogP contribution >= 0.6 is 0 Å². The first-order valence-corrected chi connectivity index (χ1v) is 8.69. The van der Waals surface area contributed by atoms with E-state index in [4.69, 9.17) is 9.47 Å². The number of para-hydroxylation sites is 1. The number of likely N-dealkylation sites (N-methyl/N-ethyl adjacent to an activating group) is 1. The molecule has 2 amide bonds. The molecule has 6 nitrogen and oxygen atoms in total. The molecule has 1 unspecified atom stereocenters. The van der Waals surface area contributed by atoms with E-state index in [1.807, 2.05) is 30.3 Å². The van der Waals surface area contributed by atoms with Gasteiger partial charge in [-0.15, -0.1) is 0 Å². The highest BCUT2D eigenvalue weighted by Crippen LogP contribution is 2.24. The lowest BCUT2D eigenvalue weighted by atomic mass is 10.1. The second-order valence-corrected chi connectivity index (χ2v) is 7.30. The molecule has 27 heavy (non-hydrogen) atoms. The maximum atomic E-state index is 12.5. The molecule has 0 aliphatic rings. The number of hydrogen-bond acceptors (Lipinski definition) is 4. The van der Waals surface area contributed by atoms with Crippen molar-refractivity contribution in [2.45, 2.75) is 32.4 Å². The Balaban J connectivity index is 2.17. The SMILES string of the molecule is CN(C)C(=O)C(NC(=O)OC(C)(C)C)c1ccc(Oc2ccccc2)cc1. The number of carbonyl (C=O) groups is 2.